The van der Waals surface area contributed by atoms with Crippen molar-refractivity contribution in [2.45, 2.75) is 63.6 Å². The van der Waals surface area contributed by atoms with E-state index in [9.17, 15) is 4.79 Å². The van der Waals surface area contributed by atoms with E-state index in [0.717, 1.165) is 59.8 Å². The molecule has 4 fully saturated rings. The zero-order chi connectivity index (χ0) is 22.4. The quantitative estimate of drug-likeness (QED) is 0.663. The van der Waals surface area contributed by atoms with Crippen LogP contribution in [0.15, 0.2) is 41.0 Å². The Labute approximate surface area is 195 Å². The Kier molecular flexibility index (Phi) is 5.36. The molecule has 1 aromatic heterocycles. The van der Waals surface area contributed by atoms with Crippen LogP contribution < -0.4 is 14.8 Å². The van der Waals surface area contributed by atoms with Gasteiger partial charge >= 0.3 is 0 Å². The maximum Gasteiger partial charge on any atom is 0.237 e. The van der Waals surface area contributed by atoms with Crippen LogP contribution in [0.5, 0.6) is 11.5 Å². The predicted molar refractivity (Wildman–Crippen MR) is 124 cm³/mol. The molecule has 4 aliphatic carbocycles. The molecule has 1 atom stereocenters. The van der Waals surface area contributed by atoms with E-state index in [1.54, 1.807) is 6.26 Å². The minimum absolute atomic E-state index is 0.000536. The molecule has 1 aliphatic heterocycles. The number of carbonyl (C=O) groups is 1. The van der Waals surface area contributed by atoms with Gasteiger partial charge in [-0.05, 0) is 93.0 Å². The molecule has 6 nitrogen and oxygen atoms in total. The summed E-state index contributed by atoms with van der Waals surface area (Å²) in [6.45, 7) is 4.14. The fourth-order valence-electron chi connectivity index (χ4n) is 7.26. The molecule has 33 heavy (non-hydrogen) atoms. The maximum absolute atomic E-state index is 13.7. The third-order valence-corrected chi connectivity index (χ3v) is 8.40. The minimum Gasteiger partial charge on any atom is -0.486 e. The van der Waals surface area contributed by atoms with E-state index in [1.165, 1.54) is 19.3 Å². The van der Waals surface area contributed by atoms with Gasteiger partial charge in [0.05, 0.1) is 19.4 Å². The lowest BCUT2D eigenvalue weighted by atomic mass is 9.52. The molecule has 4 saturated carbocycles. The Balaban J connectivity index is 1.18. The van der Waals surface area contributed by atoms with Crippen LogP contribution in [0.2, 0.25) is 0 Å². The Morgan fingerprint density at radius 1 is 1.06 bits per heavy atom. The largest absolute Gasteiger partial charge is 0.486 e. The van der Waals surface area contributed by atoms with Gasteiger partial charge in [0.2, 0.25) is 5.91 Å². The third-order valence-electron chi connectivity index (χ3n) is 8.40. The molecule has 5 aliphatic rings. The standard InChI is InChI=1S/C27H34N2O4/c1-18(22-4-5-24-25(12-22)33-8-7-32-24)28-16-26(30)29(17-23-3-2-6-31-23)27-13-19-9-20(14-27)11-21(10-19)15-27/h2-6,12,18-21,28H,7-11,13-17H2,1H3/t18-,19?,20?,21?,27?/m1/s1. The smallest absolute Gasteiger partial charge is 0.237 e. The van der Waals surface area contributed by atoms with Gasteiger partial charge < -0.3 is 24.1 Å². The van der Waals surface area contributed by atoms with E-state index in [4.69, 9.17) is 13.9 Å². The maximum atomic E-state index is 13.7. The molecule has 2 heterocycles. The molecule has 1 aromatic carbocycles. The number of amides is 1. The fraction of sp³-hybridized carbons (Fsp3) is 0.593. The van der Waals surface area contributed by atoms with Gasteiger partial charge in [-0.2, -0.15) is 0 Å². The lowest BCUT2D eigenvalue weighted by molar-refractivity contribution is -0.152. The highest BCUT2D eigenvalue weighted by Gasteiger charge is 2.54. The number of fused-ring (bicyclic) bond motifs is 1. The summed E-state index contributed by atoms with van der Waals surface area (Å²) in [6, 6.07) is 9.98. The molecule has 176 valence electrons. The van der Waals surface area contributed by atoms with Crippen molar-refractivity contribution < 1.29 is 18.7 Å². The zero-order valence-electron chi connectivity index (χ0n) is 19.4. The predicted octanol–water partition coefficient (Wildman–Crippen LogP) is 4.70. The van der Waals surface area contributed by atoms with Gasteiger partial charge in [0.15, 0.2) is 11.5 Å². The summed E-state index contributed by atoms with van der Waals surface area (Å²) in [5.41, 5.74) is 1.10. The number of ether oxygens (including phenoxy) is 2. The first-order valence-corrected chi connectivity index (χ1v) is 12.5. The zero-order valence-corrected chi connectivity index (χ0v) is 19.4. The van der Waals surface area contributed by atoms with E-state index in [2.05, 4.69) is 23.2 Å². The van der Waals surface area contributed by atoms with E-state index >= 15 is 0 Å². The molecule has 6 heteroatoms. The molecule has 0 radical (unpaired) electrons. The SMILES string of the molecule is C[C@@H](NCC(=O)N(Cc1ccco1)C12CC3CC(CC(C3)C1)C2)c1ccc2c(c1)OCCO2. The fourth-order valence-corrected chi connectivity index (χ4v) is 7.26. The van der Waals surface area contributed by atoms with Crippen LogP contribution in [0.4, 0.5) is 0 Å². The third kappa shape index (κ3) is 4.03. The minimum atomic E-state index is 0.000536. The first-order valence-electron chi connectivity index (χ1n) is 12.5. The Bertz CT molecular complexity index is 966. The molecule has 1 N–H and O–H groups in total. The summed E-state index contributed by atoms with van der Waals surface area (Å²) >= 11 is 0. The van der Waals surface area contributed by atoms with Crippen LogP contribution in [0.1, 0.15) is 62.8 Å². The van der Waals surface area contributed by atoms with Crippen LogP contribution >= 0.6 is 0 Å². The van der Waals surface area contributed by atoms with Gasteiger partial charge in [-0.15, -0.1) is 0 Å². The van der Waals surface area contributed by atoms with E-state index in [1.807, 2.05) is 24.3 Å². The van der Waals surface area contributed by atoms with Gasteiger partial charge in [0.1, 0.15) is 19.0 Å². The highest BCUT2D eigenvalue weighted by molar-refractivity contribution is 5.79. The van der Waals surface area contributed by atoms with Crippen LogP contribution in [0.3, 0.4) is 0 Å². The number of benzene rings is 1. The second-order valence-electron chi connectivity index (χ2n) is 10.7. The molecule has 4 bridgehead atoms. The first-order chi connectivity index (χ1) is 16.1. The molecule has 0 saturated heterocycles. The molecule has 1 amide bonds. The second-order valence-corrected chi connectivity index (χ2v) is 10.7. The van der Waals surface area contributed by atoms with Crippen molar-refractivity contribution in [1.29, 1.82) is 0 Å². The molecule has 7 rings (SSSR count). The van der Waals surface area contributed by atoms with Crippen molar-refractivity contribution in [2.24, 2.45) is 17.8 Å². The molecular weight excluding hydrogens is 416 g/mol. The molecule has 0 unspecified atom stereocenters. The topological polar surface area (TPSA) is 63.9 Å². The second kappa shape index (κ2) is 8.39. The van der Waals surface area contributed by atoms with Crippen molar-refractivity contribution in [1.82, 2.24) is 10.2 Å². The number of nitrogens with zero attached hydrogens (tertiary/aromatic N) is 1. The van der Waals surface area contributed by atoms with Crippen molar-refractivity contribution in [3.05, 3.63) is 47.9 Å². The normalized spacial score (nSPS) is 30.3. The van der Waals surface area contributed by atoms with Gasteiger partial charge in [0, 0.05) is 11.6 Å². The highest BCUT2D eigenvalue weighted by Crippen LogP contribution is 2.58. The number of furan rings is 1. The van der Waals surface area contributed by atoms with Crippen LogP contribution in [-0.4, -0.2) is 36.1 Å². The van der Waals surface area contributed by atoms with E-state index in [0.29, 0.717) is 26.3 Å². The number of hydrogen-bond donors (Lipinski definition) is 1. The number of rotatable bonds is 7. The molecular formula is C27H34N2O4. The Hall–Kier alpha value is -2.47. The van der Waals surface area contributed by atoms with E-state index in [-0.39, 0.29) is 17.5 Å². The number of nitrogens with one attached hydrogen (secondary N) is 1. The average Bonchev–Trinajstić information content (AvgIpc) is 3.33. The average molecular weight is 451 g/mol. The number of carbonyl (C=O) groups excluding carboxylic acids is 1. The van der Waals surface area contributed by atoms with Crippen molar-refractivity contribution in [2.75, 3.05) is 19.8 Å². The number of hydrogen-bond acceptors (Lipinski definition) is 5. The lowest BCUT2D eigenvalue weighted by Gasteiger charge is -2.60. The summed E-state index contributed by atoms with van der Waals surface area (Å²) in [5, 5.41) is 3.48. The van der Waals surface area contributed by atoms with Crippen LogP contribution in [-0.2, 0) is 11.3 Å². The summed E-state index contributed by atoms with van der Waals surface area (Å²) in [4.78, 5) is 15.9. The summed E-state index contributed by atoms with van der Waals surface area (Å²) in [6.07, 6.45) is 9.26. The van der Waals surface area contributed by atoms with Crippen molar-refractivity contribution in [3.8, 4) is 11.5 Å². The van der Waals surface area contributed by atoms with Gasteiger partial charge in [-0.25, -0.2) is 0 Å². The summed E-state index contributed by atoms with van der Waals surface area (Å²) < 4.78 is 17.1. The van der Waals surface area contributed by atoms with E-state index < -0.39 is 0 Å². The Morgan fingerprint density at radius 3 is 2.42 bits per heavy atom. The molecule has 2 aromatic rings. The van der Waals surface area contributed by atoms with Crippen molar-refractivity contribution in [3.63, 3.8) is 0 Å². The lowest BCUT2D eigenvalue weighted by Crippen LogP contribution is -2.62. The first kappa shape index (κ1) is 21.1. The van der Waals surface area contributed by atoms with Crippen molar-refractivity contribution >= 4 is 5.91 Å². The summed E-state index contributed by atoms with van der Waals surface area (Å²) in [7, 11) is 0. The van der Waals surface area contributed by atoms with Crippen LogP contribution in [0, 0.1) is 17.8 Å². The molecule has 0 spiro atoms. The Morgan fingerprint density at radius 2 is 1.76 bits per heavy atom. The summed E-state index contributed by atoms with van der Waals surface area (Å²) in [5.74, 6) is 4.98. The highest BCUT2D eigenvalue weighted by atomic mass is 16.6. The van der Waals surface area contributed by atoms with Gasteiger partial charge in [-0.1, -0.05) is 6.07 Å². The van der Waals surface area contributed by atoms with Gasteiger partial charge in [0.25, 0.3) is 0 Å². The monoisotopic (exact) mass is 450 g/mol. The van der Waals surface area contributed by atoms with Crippen LogP contribution in [0.25, 0.3) is 0 Å². The van der Waals surface area contributed by atoms with Gasteiger partial charge in [-0.3, -0.25) is 4.79 Å².